The maximum atomic E-state index is 12.0. The Morgan fingerprint density at radius 3 is 2.10 bits per heavy atom. The standard InChI is InChI=1S/C14H26N2O5/c1-8(2)6-10(12(18)19)16-11(17)9(7-15)13(20)21-14(3,4)5/h8-10H,6-7,15H2,1-5H3,(H,16,17)(H,18,19)/t9-,10-/m0/s1. The average molecular weight is 302 g/mol. The molecular weight excluding hydrogens is 276 g/mol. The van der Waals surface area contributed by atoms with Crippen molar-refractivity contribution in [3.63, 3.8) is 0 Å². The van der Waals surface area contributed by atoms with E-state index in [4.69, 9.17) is 15.6 Å². The summed E-state index contributed by atoms with van der Waals surface area (Å²) in [5, 5.41) is 11.4. The van der Waals surface area contributed by atoms with Crippen LogP contribution in [0.25, 0.3) is 0 Å². The van der Waals surface area contributed by atoms with Crippen molar-refractivity contribution in [1.29, 1.82) is 0 Å². The molecule has 0 radical (unpaired) electrons. The number of nitrogens with one attached hydrogen (secondary N) is 1. The Labute approximate surface area is 125 Å². The Morgan fingerprint density at radius 1 is 1.24 bits per heavy atom. The van der Waals surface area contributed by atoms with Crippen LogP contribution in [0.2, 0.25) is 0 Å². The SMILES string of the molecule is CC(C)C[C@H](NC(=O)[C@H](CN)C(=O)OC(C)(C)C)C(=O)O. The molecule has 2 atom stereocenters. The van der Waals surface area contributed by atoms with E-state index >= 15 is 0 Å². The second-order valence-corrected chi connectivity index (χ2v) is 6.35. The molecule has 122 valence electrons. The van der Waals surface area contributed by atoms with Crippen molar-refractivity contribution in [3.8, 4) is 0 Å². The van der Waals surface area contributed by atoms with Crippen LogP contribution in [0.15, 0.2) is 0 Å². The molecule has 7 heteroatoms. The van der Waals surface area contributed by atoms with Crippen molar-refractivity contribution in [3.05, 3.63) is 0 Å². The topological polar surface area (TPSA) is 119 Å². The van der Waals surface area contributed by atoms with Crippen LogP contribution in [0.3, 0.4) is 0 Å². The highest BCUT2D eigenvalue weighted by Gasteiger charge is 2.32. The summed E-state index contributed by atoms with van der Waals surface area (Å²) >= 11 is 0. The van der Waals surface area contributed by atoms with Gasteiger partial charge in [-0.1, -0.05) is 13.8 Å². The highest BCUT2D eigenvalue weighted by molar-refractivity contribution is 5.99. The number of hydrogen-bond acceptors (Lipinski definition) is 5. The van der Waals surface area contributed by atoms with Crippen molar-refractivity contribution in [2.45, 2.75) is 52.7 Å². The lowest BCUT2D eigenvalue weighted by molar-refractivity contribution is -0.162. The Balaban J connectivity index is 4.84. The van der Waals surface area contributed by atoms with Crippen LogP contribution in [0.5, 0.6) is 0 Å². The van der Waals surface area contributed by atoms with E-state index in [2.05, 4.69) is 5.32 Å². The number of rotatable bonds is 7. The molecule has 0 aromatic heterocycles. The number of carboxylic acids is 1. The zero-order valence-corrected chi connectivity index (χ0v) is 13.3. The molecule has 0 rings (SSSR count). The highest BCUT2D eigenvalue weighted by Crippen LogP contribution is 2.12. The lowest BCUT2D eigenvalue weighted by Gasteiger charge is -2.24. The first kappa shape index (κ1) is 19.4. The van der Waals surface area contributed by atoms with Crippen LogP contribution in [0, 0.1) is 11.8 Å². The number of ether oxygens (including phenoxy) is 1. The van der Waals surface area contributed by atoms with Gasteiger partial charge in [0.2, 0.25) is 5.91 Å². The van der Waals surface area contributed by atoms with E-state index in [0.29, 0.717) is 0 Å². The molecule has 1 amide bonds. The Bertz CT molecular complexity index is 387. The van der Waals surface area contributed by atoms with Crippen LogP contribution >= 0.6 is 0 Å². The number of nitrogens with two attached hydrogens (primary N) is 1. The van der Waals surface area contributed by atoms with Crippen LogP contribution in [0.1, 0.15) is 41.0 Å². The smallest absolute Gasteiger partial charge is 0.326 e. The zero-order chi connectivity index (χ0) is 16.8. The van der Waals surface area contributed by atoms with Crippen molar-refractivity contribution >= 4 is 17.8 Å². The van der Waals surface area contributed by atoms with Crippen LogP contribution in [0.4, 0.5) is 0 Å². The largest absolute Gasteiger partial charge is 0.480 e. The maximum Gasteiger partial charge on any atom is 0.326 e. The Hall–Kier alpha value is -1.63. The van der Waals surface area contributed by atoms with E-state index in [1.807, 2.05) is 13.8 Å². The molecule has 0 saturated heterocycles. The van der Waals surface area contributed by atoms with Gasteiger partial charge in [0.15, 0.2) is 0 Å². The number of esters is 1. The van der Waals surface area contributed by atoms with Crippen molar-refractivity contribution in [1.82, 2.24) is 5.32 Å². The van der Waals surface area contributed by atoms with E-state index in [1.54, 1.807) is 20.8 Å². The lowest BCUT2D eigenvalue weighted by Crippen LogP contribution is -2.49. The molecule has 0 unspecified atom stereocenters. The molecule has 0 saturated carbocycles. The number of amides is 1. The van der Waals surface area contributed by atoms with Gasteiger partial charge in [0.05, 0.1) is 0 Å². The van der Waals surface area contributed by atoms with E-state index in [-0.39, 0.29) is 18.9 Å². The molecule has 0 bridgehead atoms. The van der Waals surface area contributed by atoms with Gasteiger partial charge in [-0.3, -0.25) is 9.59 Å². The average Bonchev–Trinajstić information content (AvgIpc) is 2.25. The van der Waals surface area contributed by atoms with Gasteiger partial charge >= 0.3 is 11.9 Å². The first-order valence-electron chi connectivity index (χ1n) is 6.94. The minimum Gasteiger partial charge on any atom is -0.480 e. The van der Waals surface area contributed by atoms with Gasteiger partial charge in [-0.05, 0) is 33.1 Å². The van der Waals surface area contributed by atoms with Crippen molar-refractivity contribution in [2.24, 2.45) is 17.6 Å². The third kappa shape index (κ3) is 7.65. The molecule has 4 N–H and O–H groups in total. The predicted molar refractivity (Wildman–Crippen MR) is 77.4 cm³/mol. The first-order chi connectivity index (χ1) is 9.47. The monoisotopic (exact) mass is 302 g/mol. The van der Waals surface area contributed by atoms with Gasteiger partial charge in [-0.25, -0.2) is 4.79 Å². The second-order valence-electron chi connectivity index (χ2n) is 6.35. The molecule has 0 aromatic carbocycles. The Morgan fingerprint density at radius 2 is 1.76 bits per heavy atom. The molecular formula is C14H26N2O5. The lowest BCUT2D eigenvalue weighted by atomic mass is 10.0. The minimum absolute atomic E-state index is 0.0873. The molecule has 0 aromatic rings. The van der Waals surface area contributed by atoms with Gasteiger partial charge in [0, 0.05) is 6.54 Å². The fourth-order valence-electron chi connectivity index (χ4n) is 1.65. The second kappa shape index (κ2) is 7.97. The van der Waals surface area contributed by atoms with Gasteiger partial charge in [-0.2, -0.15) is 0 Å². The summed E-state index contributed by atoms with van der Waals surface area (Å²) in [4.78, 5) is 35.1. The minimum atomic E-state index is -1.21. The highest BCUT2D eigenvalue weighted by atomic mass is 16.6. The maximum absolute atomic E-state index is 12.0. The van der Waals surface area contributed by atoms with E-state index in [9.17, 15) is 14.4 Å². The number of carboxylic acid groups (broad SMARTS) is 1. The molecule has 7 nitrogen and oxygen atoms in total. The molecule has 0 aliphatic heterocycles. The fraction of sp³-hybridized carbons (Fsp3) is 0.786. The summed E-state index contributed by atoms with van der Waals surface area (Å²) in [5.41, 5.74) is 4.70. The molecule has 21 heavy (non-hydrogen) atoms. The van der Waals surface area contributed by atoms with Gasteiger partial charge in [0.25, 0.3) is 0 Å². The number of aliphatic carboxylic acids is 1. The van der Waals surface area contributed by atoms with E-state index in [1.165, 1.54) is 0 Å². The van der Waals surface area contributed by atoms with Gasteiger partial charge < -0.3 is 20.9 Å². The number of hydrogen-bond donors (Lipinski definition) is 3. The summed E-state index contributed by atoms with van der Waals surface area (Å²) in [6.07, 6.45) is 0.271. The normalized spacial score (nSPS) is 14.4. The first-order valence-corrected chi connectivity index (χ1v) is 6.94. The Kier molecular flexibility index (Phi) is 7.35. The van der Waals surface area contributed by atoms with Gasteiger partial charge in [-0.15, -0.1) is 0 Å². The summed E-state index contributed by atoms with van der Waals surface area (Å²) in [6.45, 7) is 8.47. The zero-order valence-electron chi connectivity index (χ0n) is 13.3. The van der Waals surface area contributed by atoms with E-state index in [0.717, 1.165) is 0 Å². The van der Waals surface area contributed by atoms with Crippen LogP contribution < -0.4 is 11.1 Å². The van der Waals surface area contributed by atoms with Crippen LogP contribution in [-0.2, 0) is 19.1 Å². The van der Waals surface area contributed by atoms with Crippen molar-refractivity contribution < 1.29 is 24.2 Å². The molecule has 0 aliphatic carbocycles. The van der Waals surface area contributed by atoms with Crippen LogP contribution in [-0.4, -0.2) is 41.1 Å². The third-order valence-electron chi connectivity index (χ3n) is 2.57. The quantitative estimate of drug-likeness (QED) is 0.466. The summed E-state index contributed by atoms with van der Waals surface area (Å²) in [7, 11) is 0. The van der Waals surface area contributed by atoms with Gasteiger partial charge in [0.1, 0.15) is 17.6 Å². The molecule has 0 aliphatic rings. The van der Waals surface area contributed by atoms with Crippen molar-refractivity contribution in [2.75, 3.05) is 6.54 Å². The number of carbonyl (C=O) groups excluding carboxylic acids is 2. The summed E-state index contributed by atoms with van der Waals surface area (Å²) in [5.74, 6) is -3.74. The molecule has 0 heterocycles. The van der Waals surface area contributed by atoms with E-state index < -0.39 is 35.4 Å². The summed E-state index contributed by atoms with van der Waals surface area (Å²) < 4.78 is 5.11. The number of carbonyl (C=O) groups is 3. The molecule has 0 fully saturated rings. The predicted octanol–water partition coefficient (Wildman–Crippen LogP) is 0.519. The third-order valence-corrected chi connectivity index (χ3v) is 2.57. The fourth-order valence-corrected chi connectivity index (χ4v) is 1.65. The summed E-state index contributed by atoms with van der Waals surface area (Å²) in [6, 6.07) is -1.05. The molecule has 0 spiro atoms.